The predicted octanol–water partition coefficient (Wildman–Crippen LogP) is 4.75. The molecule has 1 aromatic heterocycles. The van der Waals surface area contributed by atoms with Gasteiger partial charge in [-0.3, -0.25) is 9.59 Å². The number of hydrogen-bond acceptors (Lipinski definition) is 4. The molecule has 2 fully saturated rings. The first-order valence-electron chi connectivity index (χ1n) is 10.1. The molecule has 2 aromatic rings. The molecule has 2 saturated heterocycles. The van der Waals surface area contributed by atoms with Crippen LogP contribution in [-0.2, 0) is 4.79 Å². The van der Waals surface area contributed by atoms with Crippen LogP contribution in [0.5, 0.6) is 0 Å². The summed E-state index contributed by atoms with van der Waals surface area (Å²) >= 11 is 13.7. The van der Waals surface area contributed by atoms with Crippen molar-refractivity contribution in [1.82, 2.24) is 10.6 Å². The fourth-order valence-electron chi connectivity index (χ4n) is 3.85. The van der Waals surface area contributed by atoms with Gasteiger partial charge in [-0.05, 0) is 62.2 Å². The molecule has 0 spiro atoms. The third-order valence-corrected chi connectivity index (χ3v) is 6.94. The van der Waals surface area contributed by atoms with E-state index in [4.69, 9.17) is 23.2 Å². The van der Waals surface area contributed by atoms with E-state index in [0.717, 1.165) is 43.6 Å². The van der Waals surface area contributed by atoms with Gasteiger partial charge in [0.2, 0.25) is 5.91 Å². The Hall–Kier alpha value is -1.86. The van der Waals surface area contributed by atoms with Crippen LogP contribution in [0.15, 0.2) is 35.9 Å². The van der Waals surface area contributed by atoms with Crippen LogP contribution in [0.4, 0.5) is 5.69 Å². The molecule has 1 aromatic carbocycles. The lowest BCUT2D eigenvalue weighted by Gasteiger charge is -2.18. The first-order chi connectivity index (χ1) is 14.5. The van der Waals surface area contributed by atoms with E-state index in [0.29, 0.717) is 20.8 Å². The van der Waals surface area contributed by atoms with E-state index < -0.39 is 0 Å². The highest BCUT2D eigenvalue weighted by atomic mass is 35.5. The van der Waals surface area contributed by atoms with Crippen molar-refractivity contribution in [3.05, 3.63) is 55.7 Å². The van der Waals surface area contributed by atoms with Gasteiger partial charge in [0.05, 0.1) is 15.3 Å². The Morgan fingerprint density at radius 1 is 1.20 bits per heavy atom. The Morgan fingerprint density at radius 3 is 2.83 bits per heavy atom. The zero-order valence-corrected chi connectivity index (χ0v) is 18.7. The quantitative estimate of drug-likeness (QED) is 0.687. The van der Waals surface area contributed by atoms with Crippen molar-refractivity contribution in [2.75, 3.05) is 24.5 Å². The van der Waals surface area contributed by atoms with Gasteiger partial charge >= 0.3 is 0 Å². The molecule has 0 aliphatic carbocycles. The zero-order chi connectivity index (χ0) is 21.1. The van der Waals surface area contributed by atoms with Gasteiger partial charge in [-0.15, -0.1) is 11.3 Å². The van der Waals surface area contributed by atoms with Crippen LogP contribution in [0.2, 0.25) is 9.36 Å². The summed E-state index contributed by atoms with van der Waals surface area (Å²) in [6.45, 7) is 2.47. The Balaban J connectivity index is 1.43. The molecular formula is C22H23Cl2N3O2S. The Morgan fingerprint density at radius 2 is 2.07 bits per heavy atom. The molecule has 4 rings (SSSR count). The molecule has 2 aliphatic heterocycles. The molecule has 2 amide bonds. The highest BCUT2D eigenvalue weighted by Crippen LogP contribution is 2.30. The number of thiophene rings is 1. The molecule has 0 radical (unpaired) electrons. The van der Waals surface area contributed by atoms with Crippen LogP contribution in [0.25, 0.3) is 6.08 Å². The maximum Gasteiger partial charge on any atom is 0.261 e. The third-order valence-electron chi connectivity index (χ3n) is 5.39. The van der Waals surface area contributed by atoms with E-state index in [2.05, 4.69) is 16.7 Å². The topological polar surface area (TPSA) is 61.4 Å². The minimum Gasteiger partial charge on any atom is -0.346 e. The van der Waals surface area contributed by atoms with Gasteiger partial charge in [0.25, 0.3) is 5.91 Å². The monoisotopic (exact) mass is 463 g/mol. The number of carbonyl (C=O) groups is 2. The summed E-state index contributed by atoms with van der Waals surface area (Å²) in [7, 11) is 0. The fourth-order valence-corrected chi connectivity index (χ4v) is 5.03. The molecule has 5 nitrogen and oxygen atoms in total. The SMILES string of the molecule is O=C(NC1CC(=O)N(c2ccc(/C=C3\CCCNCC3)c(Cl)c2)C1)c1ccc(Cl)s1. The molecule has 0 saturated carbocycles. The van der Waals surface area contributed by atoms with Crippen molar-refractivity contribution in [2.24, 2.45) is 0 Å². The van der Waals surface area contributed by atoms with Crippen LogP contribution in [-0.4, -0.2) is 37.5 Å². The summed E-state index contributed by atoms with van der Waals surface area (Å²) < 4.78 is 0.564. The van der Waals surface area contributed by atoms with Gasteiger partial charge in [0.15, 0.2) is 0 Å². The van der Waals surface area contributed by atoms with Gasteiger partial charge < -0.3 is 15.5 Å². The largest absolute Gasteiger partial charge is 0.346 e. The van der Waals surface area contributed by atoms with E-state index >= 15 is 0 Å². The smallest absolute Gasteiger partial charge is 0.261 e. The second kappa shape index (κ2) is 9.52. The molecule has 1 unspecified atom stereocenters. The number of nitrogens with zero attached hydrogens (tertiary/aromatic N) is 1. The summed E-state index contributed by atoms with van der Waals surface area (Å²) in [4.78, 5) is 27.1. The van der Waals surface area contributed by atoms with Crippen molar-refractivity contribution in [2.45, 2.75) is 31.7 Å². The number of rotatable bonds is 4. The average molecular weight is 464 g/mol. The molecule has 2 aliphatic rings. The van der Waals surface area contributed by atoms with Crippen LogP contribution < -0.4 is 15.5 Å². The number of carbonyl (C=O) groups excluding carboxylic acids is 2. The predicted molar refractivity (Wildman–Crippen MR) is 124 cm³/mol. The van der Waals surface area contributed by atoms with Crippen molar-refractivity contribution in [3.63, 3.8) is 0 Å². The lowest BCUT2D eigenvalue weighted by Crippen LogP contribution is -2.36. The Kier molecular flexibility index (Phi) is 6.78. The first kappa shape index (κ1) is 21.4. The highest BCUT2D eigenvalue weighted by molar-refractivity contribution is 7.18. The van der Waals surface area contributed by atoms with E-state index in [1.54, 1.807) is 17.0 Å². The van der Waals surface area contributed by atoms with Crippen LogP contribution in [0.3, 0.4) is 0 Å². The number of anilines is 1. The van der Waals surface area contributed by atoms with Gasteiger partial charge in [-0.25, -0.2) is 0 Å². The lowest BCUT2D eigenvalue weighted by atomic mass is 10.0. The van der Waals surface area contributed by atoms with Gasteiger partial charge in [0, 0.05) is 23.7 Å². The van der Waals surface area contributed by atoms with E-state index in [1.807, 2.05) is 18.2 Å². The zero-order valence-electron chi connectivity index (χ0n) is 16.4. The van der Waals surface area contributed by atoms with Gasteiger partial charge in [-0.2, -0.15) is 0 Å². The van der Waals surface area contributed by atoms with Gasteiger partial charge in [0.1, 0.15) is 0 Å². The maximum absolute atomic E-state index is 12.6. The average Bonchev–Trinajstić information content (AvgIpc) is 3.21. The van der Waals surface area contributed by atoms with E-state index in [1.165, 1.54) is 16.9 Å². The number of hydrogen-bond donors (Lipinski definition) is 2. The number of amides is 2. The fraction of sp³-hybridized carbons (Fsp3) is 0.364. The molecule has 0 bridgehead atoms. The Labute approximate surface area is 190 Å². The summed E-state index contributed by atoms with van der Waals surface area (Å²) in [6.07, 6.45) is 5.67. The molecule has 1 atom stereocenters. The second-order valence-corrected chi connectivity index (χ2v) is 9.72. The molecular weight excluding hydrogens is 441 g/mol. The highest BCUT2D eigenvalue weighted by Gasteiger charge is 2.32. The van der Waals surface area contributed by atoms with Crippen molar-refractivity contribution >= 4 is 58.1 Å². The minimum atomic E-state index is -0.245. The maximum atomic E-state index is 12.6. The second-order valence-electron chi connectivity index (χ2n) is 7.59. The third kappa shape index (κ3) is 5.06. The number of nitrogens with one attached hydrogen (secondary N) is 2. The molecule has 3 heterocycles. The number of halogens is 2. The summed E-state index contributed by atoms with van der Waals surface area (Å²) in [6, 6.07) is 8.87. The minimum absolute atomic E-state index is 0.0264. The van der Waals surface area contributed by atoms with Crippen molar-refractivity contribution in [1.29, 1.82) is 0 Å². The van der Waals surface area contributed by atoms with E-state index in [-0.39, 0.29) is 24.3 Å². The molecule has 2 N–H and O–H groups in total. The van der Waals surface area contributed by atoms with Gasteiger partial charge in [-0.1, -0.05) is 40.9 Å². The molecule has 8 heteroatoms. The molecule has 30 heavy (non-hydrogen) atoms. The van der Waals surface area contributed by atoms with Crippen LogP contribution in [0, 0.1) is 0 Å². The van der Waals surface area contributed by atoms with Crippen LogP contribution in [0.1, 0.15) is 40.9 Å². The summed E-state index contributed by atoms with van der Waals surface area (Å²) in [5, 5.41) is 6.96. The lowest BCUT2D eigenvalue weighted by molar-refractivity contribution is -0.117. The van der Waals surface area contributed by atoms with Crippen LogP contribution >= 0.6 is 34.5 Å². The standard InChI is InChI=1S/C22H23Cl2N3O2S/c23-18-12-17(4-3-15(18)10-14-2-1-8-25-9-7-14)27-13-16(11-21(27)28)26-22(29)19-5-6-20(24)30-19/h3-6,10,12,16,25H,1-2,7-9,11,13H2,(H,26,29)/b14-10+. The Bertz CT molecular complexity index is 979. The summed E-state index contributed by atoms with van der Waals surface area (Å²) in [5.74, 6) is -0.231. The summed E-state index contributed by atoms with van der Waals surface area (Å²) in [5.41, 5.74) is 3.12. The number of benzene rings is 1. The molecule has 158 valence electrons. The van der Waals surface area contributed by atoms with Crippen molar-refractivity contribution < 1.29 is 9.59 Å². The first-order valence-corrected chi connectivity index (χ1v) is 11.6. The normalized spacial score (nSPS) is 21.1. The van der Waals surface area contributed by atoms with E-state index in [9.17, 15) is 9.59 Å². The van der Waals surface area contributed by atoms with Crippen molar-refractivity contribution in [3.8, 4) is 0 Å².